The summed E-state index contributed by atoms with van der Waals surface area (Å²) in [7, 11) is 0. The van der Waals surface area contributed by atoms with Crippen molar-refractivity contribution in [3.8, 4) is 0 Å². The summed E-state index contributed by atoms with van der Waals surface area (Å²) in [6, 6.07) is 0. The molecule has 1 heteroatoms. The Morgan fingerprint density at radius 1 is 1.12 bits per heavy atom. The van der Waals surface area contributed by atoms with E-state index in [9.17, 15) is 0 Å². The molecular weight excluding hydrogens is 196 g/mol. The quantitative estimate of drug-likeness (QED) is 0.635. The lowest BCUT2D eigenvalue weighted by Gasteiger charge is -2.15. The van der Waals surface area contributed by atoms with Gasteiger partial charge >= 0.3 is 0 Å². The van der Waals surface area contributed by atoms with Crippen molar-refractivity contribution in [1.29, 1.82) is 0 Å². The van der Waals surface area contributed by atoms with Gasteiger partial charge in [-0.05, 0) is 11.8 Å². The van der Waals surface area contributed by atoms with Gasteiger partial charge in [0, 0.05) is 1.43 Å². The highest BCUT2D eigenvalue weighted by Gasteiger charge is 2.05. The SMILES string of the molecule is CC1CCCCC1.CCCCC(C)CC.O.[HH]. The molecule has 1 aliphatic carbocycles. The first-order chi connectivity index (χ1) is 7.20. The first-order valence-corrected chi connectivity index (χ1v) is 7.20. The van der Waals surface area contributed by atoms with Crippen LogP contribution in [0.15, 0.2) is 0 Å². The van der Waals surface area contributed by atoms with Crippen LogP contribution < -0.4 is 0 Å². The van der Waals surface area contributed by atoms with E-state index >= 15 is 0 Å². The van der Waals surface area contributed by atoms with Gasteiger partial charge in [0.2, 0.25) is 0 Å². The van der Waals surface area contributed by atoms with E-state index in [4.69, 9.17) is 0 Å². The zero-order valence-electron chi connectivity index (χ0n) is 12.0. The maximum absolute atomic E-state index is 2.36. The zero-order chi connectivity index (χ0) is 11.5. The second-order valence-electron chi connectivity index (χ2n) is 5.40. The van der Waals surface area contributed by atoms with E-state index in [1.54, 1.807) is 0 Å². The van der Waals surface area contributed by atoms with Gasteiger partial charge in [0.1, 0.15) is 0 Å². The molecule has 0 spiro atoms. The molecule has 1 aliphatic rings. The molecule has 0 heterocycles. The van der Waals surface area contributed by atoms with Crippen LogP contribution >= 0.6 is 0 Å². The fraction of sp³-hybridized carbons (Fsp3) is 1.00. The maximum Gasteiger partial charge on any atom is 0 e. The zero-order valence-corrected chi connectivity index (χ0v) is 12.0. The molecule has 0 radical (unpaired) electrons. The summed E-state index contributed by atoms with van der Waals surface area (Å²) in [5.41, 5.74) is 0. The second-order valence-corrected chi connectivity index (χ2v) is 5.40. The van der Waals surface area contributed by atoms with E-state index < -0.39 is 0 Å². The minimum atomic E-state index is 0. The topological polar surface area (TPSA) is 31.5 Å². The van der Waals surface area contributed by atoms with Gasteiger partial charge in [0.05, 0.1) is 0 Å². The number of rotatable bonds is 4. The summed E-state index contributed by atoms with van der Waals surface area (Å²) in [4.78, 5) is 0. The minimum Gasteiger partial charge on any atom is -0.412 e. The van der Waals surface area contributed by atoms with E-state index in [0.717, 1.165) is 11.8 Å². The molecule has 2 N–H and O–H groups in total. The summed E-state index contributed by atoms with van der Waals surface area (Å²) < 4.78 is 0. The van der Waals surface area contributed by atoms with Crippen LogP contribution in [0, 0.1) is 11.8 Å². The molecule has 1 fully saturated rings. The Bertz CT molecular complexity index is 122. The Morgan fingerprint density at radius 3 is 2.00 bits per heavy atom. The summed E-state index contributed by atoms with van der Waals surface area (Å²) in [5.74, 6) is 1.99. The van der Waals surface area contributed by atoms with Crippen molar-refractivity contribution >= 4 is 0 Å². The van der Waals surface area contributed by atoms with Crippen LogP contribution in [0.2, 0.25) is 0 Å². The third kappa shape index (κ3) is 12.0. The monoisotopic (exact) mass is 232 g/mol. The molecule has 0 aromatic carbocycles. The van der Waals surface area contributed by atoms with Crippen LogP contribution in [0.5, 0.6) is 0 Å². The predicted molar refractivity (Wildman–Crippen MR) is 77.0 cm³/mol. The van der Waals surface area contributed by atoms with Crippen molar-refractivity contribution in [3.05, 3.63) is 0 Å². The Balaban J connectivity index is -0.000000207. The minimum absolute atomic E-state index is 0. The largest absolute Gasteiger partial charge is 0.412 e. The summed E-state index contributed by atoms with van der Waals surface area (Å²) in [5, 5.41) is 0. The number of hydrogen-bond donors (Lipinski definition) is 0. The van der Waals surface area contributed by atoms with Gasteiger partial charge in [-0.25, -0.2) is 0 Å². The normalized spacial score (nSPS) is 18.0. The fourth-order valence-electron chi connectivity index (χ4n) is 2.06. The third-order valence-corrected chi connectivity index (χ3v) is 3.64. The van der Waals surface area contributed by atoms with Crippen molar-refractivity contribution in [3.63, 3.8) is 0 Å². The molecule has 1 unspecified atom stereocenters. The van der Waals surface area contributed by atoms with Crippen LogP contribution in [0.4, 0.5) is 0 Å². The van der Waals surface area contributed by atoms with Crippen molar-refractivity contribution in [2.24, 2.45) is 11.8 Å². The first kappa shape index (κ1) is 18.3. The molecule has 0 saturated heterocycles. The van der Waals surface area contributed by atoms with E-state index in [1.165, 1.54) is 57.8 Å². The molecule has 1 nitrogen and oxygen atoms in total. The highest BCUT2D eigenvalue weighted by atomic mass is 16.0. The lowest BCUT2D eigenvalue weighted by atomic mass is 9.91. The van der Waals surface area contributed by atoms with Gasteiger partial charge in [0.15, 0.2) is 0 Å². The van der Waals surface area contributed by atoms with Gasteiger partial charge in [-0.3, -0.25) is 0 Å². The standard InChI is InChI=1S/C8H18.C7H14.H2O.H2/c1-4-6-7-8(3)5-2;1-7-5-3-2-4-6-7;;/h8H,4-7H2,1-3H3;7H,2-6H2,1H3;1H2;1H. The first-order valence-electron chi connectivity index (χ1n) is 7.20. The molecular formula is C15H36O. The molecule has 0 amide bonds. The molecule has 1 atom stereocenters. The van der Waals surface area contributed by atoms with Crippen LogP contribution in [0.3, 0.4) is 0 Å². The van der Waals surface area contributed by atoms with Crippen LogP contribution in [0.25, 0.3) is 0 Å². The smallest absolute Gasteiger partial charge is 0 e. The van der Waals surface area contributed by atoms with Crippen molar-refractivity contribution in [2.45, 2.75) is 85.5 Å². The second kappa shape index (κ2) is 13.0. The van der Waals surface area contributed by atoms with Crippen LogP contribution in [-0.2, 0) is 0 Å². The van der Waals surface area contributed by atoms with Gasteiger partial charge in [0.25, 0.3) is 0 Å². The fourth-order valence-corrected chi connectivity index (χ4v) is 2.06. The predicted octanol–water partition coefficient (Wildman–Crippen LogP) is 5.23. The van der Waals surface area contributed by atoms with Crippen LogP contribution in [0.1, 0.15) is 86.9 Å². The number of unbranched alkanes of at least 4 members (excludes halogenated alkanes) is 1. The molecule has 1 rings (SSSR count). The average molecular weight is 232 g/mol. The average Bonchev–Trinajstić information content (AvgIpc) is 2.28. The third-order valence-electron chi connectivity index (χ3n) is 3.64. The molecule has 0 aromatic heterocycles. The van der Waals surface area contributed by atoms with Gasteiger partial charge in [-0.15, -0.1) is 0 Å². The Morgan fingerprint density at radius 2 is 1.69 bits per heavy atom. The van der Waals surface area contributed by atoms with Crippen molar-refractivity contribution in [2.75, 3.05) is 0 Å². The van der Waals surface area contributed by atoms with E-state index in [-0.39, 0.29) is 6.90 Å². The summed E-state index contributed by atoms with van der Waals surface area (Å²) in [6.07, 6.45) is 13.0. The van der Waals surface area contributed by atoms with E-state index in [0.29, 0.717) is 0 Å². The molecule has 0 bridgehead atoms. The van der Waals surface area contributed by atoms with E-state index in [1.807, 2.05) is 0 Å². The van der Waals surface area contributed by atoms with E-state index in [2.05, 4.69) is 27.7 Å². The highest BCUT2D eigenvalue weighted by molar-refractivity contribution is 4.59. The Hall–Kier alpha value is -0.0400. The van der Waals surface area contributed by atoms with Gasteiger partial charge < -0.3 is 5.48 Å². The summed E-state index contributed by atoms with van der Waals surface area (Å²) >= 11 is 0. The van der Waals surface area contributed by atoms with Gasteiger partial charge in [-0.1, -0.05) is 85.5 Å². The van der Waals surface area contributed by atoms with Crippen LogP contribution in [-0.4, -0.2) is 5.48 Å². The maximum atomic E-state index is 2.36. The Kier molecular flexibility index (Phi) is 14.9. The molecule has 0 aromatic rings. The number of hydrogen-bond acceptors (Lipinski definition) is 0. The van der Waals surface area contributed by atoms with Crippen molar-refractivity contribution < 1.29 is 6.90 Å². The van der Waals surface area contributed by atoms with Gasteiger partial charge in [-0.2, -0.15) is 0 Å². The molecule has 1 saturated carbocycles. The lowest BCUT2D eigenvalue weighted by molar-refractivity contribution is 0.385. The lowest BCUT2D eigenvalue weighted by Crippen LogP contribution is -1.99. The molecule has 0 aliphatic heterocycles. The molecule has 102 valence electrons. The van der Waals surface area contributed by atoms with Crippen molar-refractivity contribution in [1.82, 2.24) is 0 Å². The molecule has 16 heavy (non-hydrogen) atoms. The summed E-state index contributed by atoms with van der Waals surface area (Å²) in [6.45, 7) is 9.21. The highest BCUT2D eigenvalue weighted by Crippen LogP contribution is 2.22. The Labute approximate surface area is 105 Å².